The summed E-state index contributed by atoms with van der Waals surface area (Å²) in [6.07, 6.45) is 3.34. The number of carboxylic acid groups (broad SMARTS) is 1. The normalized spacial score (nSPS) is 17.1. The maximum atomic E-state index is 12.8. The summed E-state index contributed by atoms with van der Waals surface area (Å²) in [5, 5.41) is 8.89. The minimum atomic E-state index is -3.48. The predicted molar refractivity (Wildman–Crippen MR) is 102 cm³/mol. The number of aliphatic carboxylic acids is 1. The first-order valence-corrected chi connectivity index (χ1v) is 10.6. The number of carboxylic acids is 1. The van der Waals surface area contributed by atoms with Gasteiger partial charge in [-0.1, -0.05) is 26.0 Å². The van der Waals surface area contributed by atoms with Crippen molar-refractivity contribution in [2.75, 3.05) is 26.7 Å². The van der Waals surface area contributed by atoms with Crippen molar-refractivity contribution in [1.82, 2.24) is 9.21 Å². The third-order valence-electron chi connectivity index (χ3n) is 5.00. The molecule has 1 saturated heterocycles. The van der Waals surface area contributed by atoms with E-state index in [9.17, 15) is 13.2 Å². The molecule has 0 spiro atoms. The Bertz CT molecular complexity index is 693. The number of aryl methyl sites for hydroxylation is 1. The topological polar surface area (TPSA) is 77.9 Å². The van der Waals surface area contributed by atoms with Gasteiger partial charge in [0.15, 0.2) is 0 Å². The van der Waals surface area contributed by atoms with Crippen molar-refractivity contribution in [3.05, 3.63) is 29.8 Å². The average Bonchev–Trinajstić information content (AvgIpc) is 2.60. The van der Waals surface area contributed by atoms with Crippen LogP contribution in [0, 0.1) is 5.92 Å². The third-order valence-corrected chi connectivity index (χ3v) is 6.92. The van der Waals surface area contributed by atoms with E-state index in [4.69, 9.17) is 5.11 Å². The van der Waals surface area contributed by atoms with Crippen molar-refractivity contribution in [3.8, 4) is 0 Å². The summed E-state index contributed by atoms with van der Waals surface area (Å²) >= 11 is 0. The molecule has 0 bridgehead atoms. The largest absolute Gasteiger partial charge is 0.480 e. The zero-order valence-corrected chi connectivity index (χ0v) is 16.7. The Hall–Kier alpha value is -1.44. The molecule has 2 rings (SSSR count). The number of nitrogens with zero attached hydrogens (tertiary/aromatic N) is 2. The van der Waals surface area contributed by atoms with Gasteiger partial charge in [-0.15, -0.1) is 0 Å². The fourth-order valence-corrected chi connectivity index (χ4v) is 4.77. The summed E-state index contributed by atoms with van der Waals surface area (Å²) in [5.74, 6) is -0.237. The van der Waals surface area contributed by atoms with Crippen molar-refractivity contribution < 1.29 is 18.3 Å². The molecular weight excluding hydrogens is 352 g/mol. The van der Waals surface area contributed by atoms with Crippen LogP contribution in [0.15, 0.2) is 29.2 Å². The Balaban J connectivity index is 1.97. The molecule has 1 fully saturated rings. The Kier molecular flexibility index (Phi) is 7.20. The number of piperidine rings is 1. The van der Waals surface area contributed by atoms with Crippen molar-refractivity contribution in [2.45, 2.75) is 50.5 Å². The molecule has 0 saturated carbocycles. The molecule has 1 aromatic rings. The fourth-order valence-electron chi connectivity index (χ4n) is 3.30. The van der Waals surface area contributed by atoms with Crippen LogP contribution in [0.25, 0.3) is 0 Å². The molecule has 0 aliphatic carbocycles. The van der Waals surface area contributed by atoms with E-state index < -0.39 is 16.0 Å². The average molecular weight is 383 g/mol. The standard InChI is InChI=1S/C19H30N2O4S/c1-15(2)4-5-16-6-8-18(9-7-16)26(24,25)21-12-10-17(11-13-21)20(3)14-19(22)23/h6-9,15,17H,4-5,10-14H2,1-3H3,(H,22,23). The molecule has 7 heteroatoms. The second-order valence-electron chi connectivity index (χ2n) is 7.52. The van der Waals surface area contributed by atoms with Crippen LogP contribution >= 0.6 is 0 Å². The van der Waals surface area contributed by atoms with E-state index in [2.05, 4.69) is 13.8 Å². The van der Waals surface area contributed by atoms with Gasteiger partial charge >= 0.3 is 5.97 Å². The molecule has 0 amide bonds. The number of carbonyl (C=O) groups is 1. The second-order valence-corrected chi connectivity index (χ2v) is 9.46. The Labute approximate surface area is 156 Å². The third kappa shape index (κ3) is 5.53. The number of rotatable bonds is 8. The molecular formula is C19H30N2O4S. The molecule has 6 nitrogen and oxygen atoms in total. The highest BCUT2D eigenvalue weighted by Gasteiger charge is 2.31. The summed E-state index contributed by atoms with van der Waals surface area (Å²) in [6.45, 7) is 5.18. The van der Waals surface area contributed by atoms with Gasteiger partial charge in [0.1, 0.15) is 0 Å². The number of likely N-dealkylation sites (N-methyl/N-ethyl adjacent to an activating group) is 1. The van der Waals surface area contributed by atoms with Crippen LogP contribution in [-0.2, 0) is 21.2 Å². The van der Waals surface area contributed by atoms with E-state index in [0.29, 0.717) is 36.7 Å². The van der Waals surface area contributed by atoms with Crippen LogP contribution in [-0.4, -0.2) is 61.4 Å². The first-order chi connectivity index (χ1) is 12.2. The molecule has 146 valence electrons. The summed E-state index contributed by atoms with van der Waals surface area (Å²) in [5.41, 5.74) is 1.16. The SMILES string of the molecule is CC(C)CCc1ccc(S(=O)(=O)N2CCC(N(C)CC(=O)O)CC2)cc1. The van der Waals surface area contributed by atoms with Crippen molar-refractivity contribution in [2.24, 2.45) is 5.92 Å². The van der Waals surface area contributed by atoms with Gasteiger partial charge in [-0.2, -0.15) is 4.31 Å². The molecule has 1 aromatic carbocycles. The summed E-state index contributed by atoms with van der Waals surface area (Å²) in [7, 11) is -1.71. The monoisotopic (exact) mass is 382 g/mol. The smallest absolute Gasteiger partial charge is 0.317 e. The zero-order valence-electron chi connectivity index (χ0n) is 15.9. The van der Waals surface area contributed by atoms with Crippen LogP contribution < -0.4 is 0 Å². The Morgan fingerprint density at radius 2 is 1.81 bits per heavy atom. The second kappa shape index (κ2) is 8.97. The van der Waals surface area contributed by atoms with Crippen LogP contribution in [0.3, 0.4) is 0 Å². The van der Waals surface area contributed by atoms with E-state index >= 15 is 0 Å². The van der Waals surface area contributed by atoms with E-state index in [1.54, 1.807) is 24.1 Å². The highest BCUT2D eigenvalue weighted by molar-refractivity contribution is 7.89. The molecule has 0 unspecified atom stereocenters. The van der Waals surface area contributed by atoms with E-state index in [0.717, 1.165) is 18.4 Å². The van der Waals surface area contributed by atoms with Crippen LogP contribution in [0.4, 0.5) is 0 Å². The van der Waals surface area contributed by atoms with E-state index in [1.807, 2.05) is 12.1 Å². The maximum Gasteiger partial charge on any atom is 0.317 e. The lowest BCUT2D eigenvalue weighted by Gasteiger charge is -2.35. The molecule has 26 heavy (non-hydrogen) atoms. The highest BCUT2D eigenvalue weighted by atomic mass is 32.2. The minimum Gasteiger partial charge on any atom is -0.480 e. The van der Waals surface area contributed by atoms with Crippen LogP contribution in [0.1, 0.15) is 38.7 Å². The van der Waals surface area contributed by atoms with Crippen LogP contribution in [0.5, 0.6) is 0 Å². The number of sulfonamides is 1. The predicted octanol–water partition coefficient (Wildman–Crippen LogP) is 2.44. The van der Waals surface area contributed by atoms with E-state index in [1.165, 1.54) is 4.31 Å². The van der Waals surface area contributed by atoms with Gasteiger partial charge in [0.05, 0.1) is 11.4 Å². The maximum absolute atomic E-state index is 12.8. The van der Waals surface area contributed by atoms with Gasteiger partial charge in [0.2, 0.25) is 10.0 Å². The quantitative estimate of drug-likeness (QED) is 0.747. The van der Waals surface area contributed by atoms with Crippen molar-refractivity contribution in [1.29, 1.82) is 0 Å². The van der Waals surface area contributed by atoms with Crippen LogP contribution in [0.2, 0.25) is 0 Å². The number of hydrogen-bond acceptors (Lipinski definition) is 4. The van der Waals surface area contributed by atoms with Crippen molar-refractivity contribution >= 4 is 16.0 Å². The van der Waals surface area contributed by atoms with Gasteiger partial charge in [0, 0.05) is 19.1 Å². The zero-order chi connectivity index (χ0) is 19.3. The lowest BCUT2D eigenvalue weighted by Crippen LogP contribution is -2.46. The fraction of sp³-hybridized carbons (Fsp3) is 0.632. The minimum absolute atomic E-state index is 0.0186. The van der Waals surface area contributed by atoms with Gasteiger partial charge < -0.3 is 5.11 Å². The van der Waals surface area contributed by atoms with Gasteiger partial charge in [-0.3, -0.25) is 9.69 Å². The first-order valence-electron chi connectivity index (χ1n) is 9.21. The summed E-state index contributed by atoms with van der Waals surface area (Å²) in [4.78, 5) is 12.9. The number of hydrogen-bond donors (Lipinski definition) is 1. The van der Waals surface area contributed by atoms with Crippen molar-refractivity contribution in [3.63, 3.8) is 0 Å². The lowest BCUT2D eigenvalue weighted by molar-refractivity contribution is -0.138. The highest BCUT2D eigenvalue weighted by Crippen LogP contribution is 2.23. The van der Waals surface area contributed by atoms with E-state index in [-0.39, 0.29) is 12.6 Å². The molecule has 1 heterocycles. The lowest BCUT2D eigenvalue weighted by atomic mass is 10.0. The number of benzene rings is 1. The first kappa shape index (κ1) is 20.9. The van der Waals surface area contributed by atoms with Gasteiger partial charge in [0.25, 0.3) is 0 Å². The molecule has 1 N–H and O–H groups in total. The Morgan fingerprint density at radius 1 is 1.23 bits per heavy atom. The molecule has 0 radical (unpaired) electrons. The summed E-state index contributed by atoms with van der Waals surface area (Å²) in [6, 6.07) is 7.32. The molecule has 1 aliphatic rings. The van der Waals surface area contributed by atoms with Gasteiger partial charge in [-0.05, 0) is 56.3 Å². The van der Waals surface area contributed by atoms with Gasteiger partial charge in [-0.25, -0.2) is 8.42 Å². The summed E-state index contributed by atoms with van der Waals surface area (Å²) < 4.78 is 27.2. The molecule has 0 atom stereocenters. The molecule has 0 aromatic heterocycles. The Morgan fingerprint density at radius 3 is 2.31 bits per heavy atom. The molecule has 1 aliphatic heterocycles.